The summed E-state index contributed by atoms with van der Waals surface area (Å²) in [5.74, 6) is 0.721. The zero-order chi connectivity index (χ0) is 15.6. The molecule has 6 heteroatoms. The number of nitrogens with zero attached hydrogens (tertiary/aromatic N) is 1. The van der Waals surface area contributed by atoms with E-state index >= 15 is 0 Å². The van der Waals surface area contributed by atoms with Gasteiger partial charge in [-0.15, -0.1) is 12.4 Å². The Balaban J connectivity index is 0.00000192. The van der Waals surface area contributed by atoms with Crippen molar-refractivity contribution >= 4 is 24.2 Å². The molecule has 3 fully saturated rings. The van der Waals surface area contributed by atoms with E-state index in [1.807, 2.05) is 11.8 Å². The first-order valence-corrected chi connectivity index (χ1v) is 8.93. The number of rotatable bonds is 4. The number of hydrogen-bond acceptors (Lipinski definition) is 3. The van der Waals surface area contributed by atoms with Gasteiger partial charge in [0.2, 0.25) is 11.8 Å². The summed E-state index contributed by atoms with van der Waals surface area (Å²) >= 11 is 0. The minimum atomic E-state index is 0. The second kappa shape index (κ2) is 7.84. The van der Waals surface area contributed by atoms with Crippen molar-refractivity contribution in [2.45, 2.75) is 57.9 Å². The van der Waals surface area contributed by atoms with E-state index in [0.29, 0.717) is 24.3 Å². The van der Waals surface area contributed by atoms with E-state index in [-0.39, 0.29) is 30.3 Å². The standard InChI is InChI=1S/C17H29N3O2.ClH/c1-2-4-15(21)19-13-5-3-10-20(12-13)16(22)14-11-17(14)6-8-18-9-7-17;/h13-14,18H,2-12H2,1H3,(H,19,21);1H. The van der Waals surface area contributed by atoms with E-state index in [9.17, 15) is 9.59 Å². The van der Waals surface area contributed by atoms with Gasteiger partial charge in [-0.05, 0) is 57.0 Å². The molecule has 1 aliphatic carbocycles. The predicted octanol–water partition coefficient (Wildman–Crippen LogP) is 1.71. The molecule has 0 aromatic carbocycles. The molecule has 1 spiro atoms. The average molecular weight is 344 g/mol. The van der Waals surface area contributed by atoms with Crippen LogP contribution in [0.3, 0.4) is 0 Å². The van der Waals surface area contributed by atoms with E-state index in [1.54, 1.807) is 0 Å². The number of halogens is 1. The van der Waals surface area contributed by atoms with E-state index in [2.05, 4.69) is 10.6 Å². The molecule has 0 radical (unpaired) electrons. The monoisotopic (exact) mass is 343 g/mol. The van der Waals surface area contributed by atoms with Gasteiger partial charge < -0.3 is 15.5 Å². The third-order valence-electron chi connectivity index (χ3n) is 5.66. The molecular weight excluding hydrogens is 314 g/mol. The smallest absolute Gasteiger partial charge is 0.226 e. The quantitative estimate of drug-likeness (QED) is 0.816. The highest BCUT2D eigenvalue weighted by Gasteiger charge is 2.58. The van der Waals surface area contributed by atoms with E-state index in [1.165, 1.54) is 0 Å². The van der Waals surface area contributed by atoms with Crippen molar-refractivity contribution in [2.24, 2.45) is 11.3 Å². The first-order valence-electron chi connectivity index (χ1n) is 8.93. The molecule has 0 aromatic rings. The molecule has 2 saturated heterocycles. The zero-order valence-corrected chi connectivity index (χ0v) is 14.9. The fourth-order valence-corrected chi connectivity index (χ4v) is 4.22. The molecule has 5 nitrogen and oxygen atoms in total. The highest BCUT2D eigenvalue weighted by Crippen LogP contribution is 2.59. The fourth-order valence-electron chi connectivity index (χ4n) is 4.22. The minimum Gasteiger partial charge on any atom is -0.352 e. The molecule has 2 amide bonds. The van der Waals surface area contributed by atoms with Crippen molar-refractivity contribution in [3.63, 3.8) is 0 Å². The third kappa shape index (κ3) is 4.18. The maximum atomic E-state index is 12.8. The Bertz CT molecular complexity index is 438. The normalized spacial score (nSPS) is 28.8. The summed E-state index contributed by atoms with van der Waals surface area (Å²) in [7, 11) is 0. The first-order chi connectivity index (χ1) is 10.6. The van der Waals surface area contributed by atoms with Crippen LogP contribution in [0.25, 0.3) is 0 Å². The van der Waals surface area contributed by atoms with Crippen LogP contribution in [0, 0.1) is 11.3 Å². The molecule has 2 unspecified atom stereocenters. The number of carbonyl (C=O) groups is 2. The molecule has 1 saturated carbocycles. The maximum absolute atomic E-state index is 12.8. The molecule has 3 rings (SSSR count). The Kier molecular flexibility index (Phi) is 6.32. The van der Waals surface area contributed by atoms with Crippen molar-refractivity contribution in [3.05, 3.63) is 0 Å². The molecule has 3 aliphatic rings. The number of piperidine rings is 2. The van der Waals surface area contributed by atoms with Crippen LogP contribution in [-0.4, -0.2) is 48.9 Å². The van der Waals surface area contributed by atoms with Crippen molar-refractivity contribution < 1.29 is 9.59 Å². The van der Waals surface area contributed by atoms with Gasteiger partial charge in [-0.2, -0.15) is 0 Å². The molecule has 2 heterocycles. The summed E-state index contributed by atoms with van der Waals surface area (Å²) in [6.45, 7) is 5.70. The van der Waals surface area contributed by atoms with Gasteiger partial charge in [-0.3, -0.25) is 9.59 Å². The molecule has 2 aliphatic heterocycles. The van der Waals surface area contributed by atoms with Crippen LogP contribution in [0.2, 0.25) is 0 Å². The Labute approximate surface area is 145 Å². The maximum Gasteiger partial charge on any atom is 0.226 e. The summed E-state index contributed by atoms with van der Waals surface area (Å²) in [4.78, 5) is 26.6. The Hall–Kier alpha value is -0.810. The largest absolute Gasteiger partial charge is 0.352 e. The van der Waals surface area contributed by atoms with E-state index in [0.717, 1.165) is 58.2 Å². The fraction of sp³-hybridized carbons (Fsp3) is 0.882. The molecule has 132 valence electrons. The Morgan fingerprint density at radius 2 is 2.04 bits per heavy atom. The lowest BCUT2D eigenvalue weighted by molar-refractivity contribution is -0.136. The lowest BCUT2D eigenvalue weighted by Gasteiger charge is -2.34. The van der Waals surface area contributed by atoms with Crippen LogP contribution in [0.5, 0.6) is 0 Å². The van der Waals surface area contributed by atoms with Gasteiger partial charge in [0.15, 0.2) is 0 Å². The summed E-state index contributed by atoms with van der Waals surface area (Å²) in [5.41, 5.74) is 0.306. The molecule has 0 aromatic heterocycles. The number of likely N-dealkylation sites (tertiary alicyclic amines) is 1. The molecule has 0 bridgehead atoms. The van der Waals surface area contributed by atoms with Gasteiger partial charge in [0.05, 0.1) is 0 Å². The van der Waals surface area contributed by atoms with E-state index in [4.69, 9.17) is 0 Å². The highest BCUT2D eigenvalue weighted by atomic mass is 35.5. The molecular formula is C17H30ClN3O2. The number of hydrogen-bond donors (Lipinski definition) is 2. The van der Waals surface area contributed by atoms with Crippen LogP contribution in [0.15, 0.2) is 0 Å². The molecule has 2 atom stereocenters. The van der Waals surface area contributed by atoms with Crippen molar-refractivity contribution in [1.29, 1.82) is 0 Å². The van der Waals surface area contributed by atoms with Crippen molar-refractivity contribution in [3.8, 4) is 0 Å². The summed E-state index contributed by atoms with van der Waals surface area (Å²) in [6.07, 6.45) is 6.84. The average Bonchev–Trinajstić information content (AvgIpc) is 3.21. The third-order valence-corrected chi connectivity index (χ3v) is 5.66. The highest BCUT2D eigenvalue weighted by molar-refractivity contribution is 5.85. The second-order valence-corrected chi connectivity index (χ2v) is 7.31. The molecule has 23 heavy (non-hydrogen) atoms. The van der Waals surface area contributed by atoms with Crippen LogP contribution >= 0.6 is 12.4 Å². The number of carbonyl (C=O) groups excluding carboxylic acids is 2. The van der Waals surface area contributed by atoms with Gasteiger partial charge in [0, 0.05) is 31.5 Å². The zero-order valence-electron chi connectivity index (χ0n) is 14.1. The summed E-state index contributed by atoms with van der Waals surface area (Å²) in [5, 5.41) is 6.48. The van der Waals surface area contributed by atoms with Crippen molar-refractivity contribution in [1.82, 2.24) is 15.5 Å². The van der Waals surface area contributed by atoms with Gasteiger partial charge in [-0.25, -0.2) is 0 Å². The minimum absolute atomic E-state index is 0. The first kappa shape index (κ1) is 18.5. The topological polar surface area (TPSA) is 61.4 Å². The SMILES string of the molecule is CCCC(=O)NC1CCCN(C(=O)C2CC23CCNCC3)C1.Cl. The van der Waals surface area contributed by atoms with Crippen LogP contribution in [-0.2, 0) is 9.59 Å². The van der Waals surface area contributed by atoms with Gasteiger partial charge >= 0.3 is 0 Å². The van der Waals surface area contributed by atoms with Crippen LogP contribution in [0.4, 0.5) is 0 Å². The Morgan fingerprint density at radius 1 is 1.30 bits per heavy atom. The number of amides is 2. The van der Waals surface area contributed by atoms with Gasteiger partial charge in [0.25, 0.3) is 0 Å². The van der Waals surface area contributed by atoms with Crippen LogP contribution < -0.4 is 10.6 Å². The lowest BCUT2D eigenvalue weighted by atomic mass is 9.91. The van der Waals surface area contributed by atoms with E-state index < -0.39 is 0 Å². The van der Waals surface area contributed by atoms with Crippen molar-refractivity contribution in [2.75, 3.05) is 26.2 Å². The number of nitrogens with one attached hydrogen (secondary N) is 2. The van der Waals surface area contributed by atoms with Crippen LogP contribution in [0.1, 0.15) is 51.9 Å². The second-order valence-electron chi connectivity index (χ2n) is 7.31. The van der Waals surface area contributed by atoms with Gasteiger partial charge in [0.1, 0.15) is 0 Å². The summed E-state index contributed by atoms with van der Waals surface area (Å²) in [6, 6.07) is 0.152. The van der Waals surface area contributed by atoms with Gasteiger partial charge in [-0.1, -0.05) is 6.92 Å². The predicted molar refractivity (Wildman–Crippen MR) is 92.5 cm³/mol. The molecule has 2 N–H and O–H groups in total. The Morgan fingerprint density at radius 3 is 2.74 bits per heavy atom. The summed E-state index contributed by atoms with van der Waals surface area (Å²) < 4.78 is 0. The lowest BCUT2D eigenvalue weighted by Crippen LogP contribution is -2.50.